The summed E-state index contributed by atoms with van der Waals surface area (Å²) >= 11 is 6.05. The Morgan fingerprint density at radius 1 is 1.43 bits per heavy atom. The molecule has 0 fully saturated rings. The lowest BCUT2D eigenvalue weighted by Gasteiger charge is -2.01. The van der Waals surface area contributed by atoms with Gasteiger partial charge in [0.25, 0.3) is 0 Å². The molecular formula is C9H5Br2FO2. The second-order valence-corrected chi connectivity index (χ2v) is 4.08. The van der Waals surface area contributed by atoms with Crippen LogP contribution in [0.5, 0.6) is 0 Å². The van der Waals surface area contributed by atoms with Crippen molar-refractivity contribution in [2.45, 2.75) is 0 Å². The third-order valence-electron chi connectivity index (χ3n) is 1.47. The molecule has 0 radical (unpaired) electrons. The molecule has 5 heteroatoms. The lowest BCUT2D eigenvalue weighted by atomic mass is 10.2. The summed E-state index contributed by atoms with van der Waals surface area (Å²) in [6.07, 6.45) is 2.27. The summed E-state index contributed by atoms with van der Waals surface area (Å²) in [5.41, 5.74) is 0.480. The summed E-state index contributed by atoms with van der Waals surface area (Å²) in [5, 5.41) is 8.38. The number of aliphatic carboxylic acids is 1. The van der Waals surface area contributed by atoms with Crippen molar-refractivity contribution in [3.05, 3.63) is 38.5 Å². The van der Waals surface area contributed by atoms with E-state index in [0.717, 1.165) is 6.08 Å². The molecule has 1 aromatic rings. The largest absolute Gasteiger partial charge is 0.478 e. The molecule has 0 aromatic heterocycles. The minimum Gasteiger partial charge on any atom is -0.478 e. The molecule has 0 amide bonds. The molecule has 14 heavy (non-hydrogen) atoms. The molecular weight excluding hydrogens is 319 g/mol. The van der Waals surface area contributed by atoms with Crippen molar-refractivity contribution < 1.29 is 14.3 Å². The molecule has 1 rings (SSSR count). The monoisotopic (exact) mass is 322 g/mol. The van der Waals surface area contributed by atoms with Gasteiger partial charge < -0.3 is 5.11 Å². The number of hydrogen-bond donors (Lipinski definition) is 1. The van der Waals surface area contributed by atoms with Gasteiger partial charge in [-0.25, -0.2) is 9.18 Å². The predicted molar refractivity (Wildman–Crippen MR) is 58.5 cm³/mol. The van der Waals surface area contributed by atoms with Gasteiger partial charge in [-0.15, -0.1) is 0 Å². The van der Waals surface area contributed by atoms with Gasteiger partial charge in [-0.2, -0.15) is 0 Å². The van der Waals surface area contributed by atoms with Gasteiger partial charge in [-0.1, -0.05) is 6.07 Å². The van der Waals surface area contributed by atoms with Gasteiger partial charge in [-0.3, -0.25) is 0 Å². The molecule has 0 aliphatic carbocycles. The first-order valence-electron chi connectivity index (χ1n) is 3.57. The van der Waals surface area contributed by atoms with E-state index in [4.69, 9.17) is 5.11 Å². The zero-order valence-electron chi connectivity index (χ0n) is 6.80. The molecule has 0 atom stereocenters. The van der Waals surface area contributed by atoms with Gasteiger partial charge in [0.15, 0.2) is 5.82 Å². The smallest absolute Gasteiger partial charge is 0.328 e. The molecule has 1 N–H and O–H groups in total. The molecule has 0 bridgehead atoms. The number of benzene rings is 1. The van der Waals surface area contributed by atoms with E-state index in [0.29, 0.717) is 10.0 Å². The summed E-state index contributed by atoms with van der Waals surface area (Å²) in [6.45, 7) is 0. The molecule has 0 saturated carbocycles. The second-order valence-electron chi connectivity index (χ2n) is 2.44. The van der Waals surface area contributed by atoms with Crippen LogP contribution in [-0.2, 0) is 4.79 Å². The fraction of sp³-hybridized carbons (Fsp3) is 0. The van der Waals surface area contributed by atoms with E-state index >= 15 is 0 Å². The Balaban J connectivity index is 3.12. The van der Waals surface area contributed by atoms with E-state index in [-0.39, 0.29) is 4.47 Å². The number of carboxylic acids is 1. The van der Waals surface area contributed by atoms with E-state index in [1.54, 1.807) is 6.07 Å². The van der Waals surface area contributed by atoms with Gasteiger partial charge in [0.2, 0.25) is 0 Å². The molecule has 0 heterocycles. The Morgan fingerprint density at radius 2 is 2.07 bits per heavy atom. The normalized spacial score (nSPS) is 10.8. The summed E-state index contributed by atoms with van der Waals surface area (Å²) in [4.78, 5) is 10.2. The first-order valence-corrected chi connectivity index (χ1v) is 5.15. The lowest BCUT2D eigenvalue weighted by Crippen LogP contribution is -1.88. The number of rotatable bonds is 2. The molecule has 74 valence electrons. The maximum atomic E-state index is 13.2. The maximum absolute atomic E-state index is 13.2. The second kappa shape index (κ2) is 4.70. The number of carbonyl (C=O) groups is 1. The Kier molecular flexibility index (Phi) is 3.83. The van der Waals surface area contributed by atoms with Crippen LogP contribution in [0.3, 0.4) is 0 Å². The van der Waals surface area contributed by atoms with Crippen LogP contribution in [0.4, 0.5) is 4.39 Å². The third-order valence-corrected chi connectivity index (χ3v) is 2.89. The van der Waals surface area contributed by atoms with Crippen LogP contribution in [0.15, 0.2) is 27.2 Å². The minimum atomic E-state index is -1.07. The van der Waals surface area contributed by atoms with Crippen molar-refractivity contribution in [1.82, 2.24) is 0 Å². The minimum absolute atomic E-state index is 0.240. The SMILES string of the molecule is O=C(O)/C=C/c1ccc(Br)c(F)c1Br. The summed E-state index contributed by atoms with van der Waals surface area (Å²) in [7, 11) is 0. The van der Waals surface area contributed by atoms with Crippen molar-refractivity contribution in [3.8, 4) is 0 Å². The summed E-state index contributed by atoms with van der Waals surface area (Å²) in [5.74, 6) is -1.52. The van der Waals surface area contributed by atoms with Crippen LogP contribution in [0.2, 0.25) is 0 Å². The lowest BCUT2D eigenvalue weighted by molar-refractivity contribution is -0.131. The number of halogens is 3. The highest BCUT2D eigenvalue weighted by Crippen LogP contribution is 2.27. The van der Waals surface area contributed by atoms with Crippen molar-refractivity contribution in [2.75, 3.05) is 0 Å². The number of carboxylic acid groups (broad SMARTS) is 1. The quantitative estimate of drug-likeness (QED) is 0.668. The van der Waals surface area contributed by atoms with E-state index in [1.165, 1.54) is 12.1 Å². The van der Waals surface area contributed by atoms with Gasteiger partial charge in [-0.05, 0) is 49.6 Å². The Morgan fingerprint density at radius 3 is 2.64 bits per heavy atom. The average molecular weight is 324 g/mol. The fourth-order valence-electron chi connectivity index (χ4n) is 0.831. The Hall–Kier alpha value is -0.680. The van der Waals surface area contributed by atoms with Crippen LogP contribution < -0.4 is 0 Å². The van der Waals surface area contributed by atoms with Crippen LogP contribution in [0.25, 0.3) is 6.08 Å². The van der Waals surface area contributed by atoms with Gasteiger partial charge in [0.05, 0.1) is 8.95 Å². The summed E-state index contributed by atoms with van der Waals surface area (Å²) < 4.78 is 13.8. The van der Waals surface area contributed by atoms with Gasteiger partial charge in [0, 0.05) is 6.08 Å². The maximum Gasteiger partial charge on any atom is 0.328 e. The van der Waals surface area contributed by atoms with Crippen molar-refractivity contribution in [3.63, 3.8) is 0 Å². The third kappa shape index (κ3) is 2.65. The van der Waals surface area contributed by atoms with Crippen molar-refractivity contribution in [1.29, 1.82) is 0 Å². The highest BCUT2D eigenvalue weighted by molar-refractivity contribution is 9.11. The van der Waals surface area contributed by atoms with Crippen molar-refractivity contribution in [2.24, 2.45) is 0 Å². The van der Waals surface area contributed by atoms with Crippen LogP contribution >= 0.6 is 31.9 Å². The summed E-state index contributed by atoms with van der Waals surface area (Å²) in [6, 6.07) is 3.12. The molecule has 0 saturated heterocycles. The molecule has 0 aliphatic heterocycles. The van der Waals surface area contributed by atoms with Crippen molar-refractivity contribution >= 4 is 43.9 Å². The highest BCUT2D eigenvalue weighted by atomic mass is 79.9. The van der Waals surface area contributed by atoms with Gasteiger partial charge >= 0.3 is 5.97 Å². The zero-order valence-corrected chi connectivity index (χ0v) is 9.97. The van der Waals surface area contributed by atoms with Gasteiger partial charge in [0.1, 0.15) is 0 Å². The Labute approximate surface area is 96.7 Å². The Bertz CT molecular complexity index is 402. The predicted octanol–water partition coefficient (Wildman–Crippen LogP) is 3.45. The number of hydrogen-bond acceptors (Lipinski definition) is 1. The average Bonchev–Trinajstić information content (AvgIpc) is 2.13. The fourth-order valence-corrected chi connectivity index (χ4v) is 1.90. The van der Waals surface area contributed by atoms with E-state index in [9.17, 15) is 9.18 Å². The molecule has 1 aromatic carbocycles. The van der Waals surface area contributed by atoms with E-state index in [1.807, 2.05) is 0 Å². The standard InChI is InChI=1S/C9H5Br2FO2/c10-6-3-1-5(2-4-7(13)14)8(11)9(6)12/h1-4H,(H,13,14)/b4-2+. The van der Waals surface area contributed by atoms with Crippen LogP contribution in [0, 0.1) is 5.82 Å². The topological polar surface area (TPSA) is 37.3 Å². The molecule has 2 nitrogen and oxygen atoms in total. The highest BCUT2D eigenvalue weighted by Gasteiger charge is 2.07. The first-order chi connectivity index (χ1) is 6.52. The molecule has 0 spiro atoms. The first kappa shape index (κ1) is 11.4. The van der Waals surface area contributed by atoms with E-state index in [2.05, 4.69) is 31.9 Å². The molecule has 0 aliphatic rings. The van der Waals surface area contributed by atoms with Crippen LogP contribution in [0.1, 0.15) is 5.56 Å². The van der Waals surface area contributed by atoms with Crippen LogP contribution in [-0.4, -0.2) is 11.1 Å². The molecule has 0 unspecified atom stereocenters. The zero-order chi connectivity index (χ0) is 10.7. The van der Waals surface area contributed by atoms with E-state index < -0.39 is 11.8 Å².